The molecule has 0 saturated carbocycles. The number of carbonyl (C=O) groups is 2. The summed E-state index contributed by atoms with van der Waals surface area (Å²) >= 11 is 0. The number of ether oxygens (including phenoxy) is 3. The van der Waals surface area contributed by atoms with E-state index >= 15 is 0 Å². The SMILES string of the molecule is CCC(CC)C(=O)N(CCC(=O)OC)Cc1ccc2c(c1)OCO2. The van der Waals surface area contributed by atoms with Gasteiger partial charge in [-0.25, -0.2) is 0 Å². The van der Waals surface area contributed by atoms with Crippen molar-refractivity contribution in [2.75, 3.05) is 20.4 Å². The molecule has 0 aromatic heterocycles. The third-order valence-electron chi connectivity index (χ3n) is 4.27. The molecule has 1 aromatic rings. The Labute approximate surface area is 142 Å². The number of carbonyl (C=O) groups excluding carboxylic acids is 2. The average molecular weight is 335 g/mol. The smallest absolute Gasteiger partial charge is 0.307 e. The summed E-state index contributed by atoms with van der Waals surface area (Å²) in [7, 11) is 1.35. The molecule has 0 bridgehead atoms. The van der Waals surface area contributed by atoms with Gasteiger partial charge in [0.1, 0.15) is 0 Å². The molecule has 1 heterocycles. The molecule has 0 spiro atoms. The summed E-state index contributed by atoms with van der Waals surface area (Å²) in [6.07, 6.45) is 1.75. The molecule has 2 rings (SSSR count). The van der Waals surface area contributed by atoms with Crippen molar-refractivity contribution in [2.24, 2.45) is 5.92 Å². The van der Waals surface area contributed by atoms with Gasteiger partial charge in [0.2, 0.25) is 12.7 Å². The quantitative estimate of drug-likeness (QED) is 0.684. The van der Waals surface area contributed by atoms with Gasteiger partial charge in [0, 0.05) is 19.0 Å². The molecule has 0 fully saturated rings. The Morgan fingerprint density at radius 1 is 1.21 bits per heavy atom. The molecule has 6 nitrogen and oxygen atoms in total. The molecule has 1 aromatic carbocycles. The van der Waals surface area contributed by atoms with Gasteiger partial charge in [0.25, 0.3) is 0 Å². The lowest BCUT2D eigenvalue weighted by atomic mass is 10.0. The summed E-state index contributed by atoms with van der Waals surface area (Å²) in [5, 5.41) is 0. The molecule has 0 N–H and O–H groups in total. The number of rotatable bonds is 8. The zero-order chi connectivity index (χ0) is 17.5. The maximum Gasteiger partial charge on any atom is 0.307 e. The van der Waals surface area contributed by atoms with Crippen molar-refractivity contribution in [2.45, 2.75) is 39.7 Å². The highest BCUT2D eigenvalue weighted by Crippen LogP contribution is 2.33. The Hall–Kier alpha value is -2.24. The number of fused-ring (bicyclic) bond motifs is 1. The highest BCUT2D eigenvalue weighted by molar-refractivity contribution is 5.79. The normalized spacial score (nSPS) is 12.3. The van der Waals surface area contributed by atoms with Gasteiger partial charge in [0.05, 0.1) is 13.5 Å². The number of amides is 1. The first-order chi connectivity index (χ1) is 11.6. The zero-order valence-corrected chi connectivity index (χ0v) is 14.5. The number of esters is 1. The molecule has 1 amide bonds. The second kappa shape index (κ2) is 8.57. The van der Waals surface area contributed by atoms with Crippen molar-refractivity contribution < 1.29 is 23.8 Å². The van der Waals surface area contributed by atoms with Crippen LogP contribution >= 0.6 is 0 Å². The van der Waals surface area contributed by atoms with Crippen LogP contribution in [0.5, 0.6) is 11.5 Å². The first kappa shape index (κ1) is 18.1. The van der Waals surface area contributed by atoms with Crippen molar-refractivity contribution in [3.63, 3.8) is 0 Å². The van der Waals surface area contributed by atoms with Gasteiger partial charge < -0.3 is 19.1 Å². The molecule has 1 aliphatic rings. The number of benzene rings is 1. The van der Waals surface area contributed by atoms with Crippen LogP contribution in [-0.4, -0.2) is 37.2 Å². The monoisotopic (exact) mass is 335 g/mol. The van der Waals surface area contributed by atoms with E-state index in [1.165, 1.54) is 7.11 Å². The predicted molar refractivity (Wildman–Crippen MR) is 88.7 cm³/mol. The first-order valence-electron chi connectivity index (χ1n) is 8.33. The van der Waals surface area contributed by atoms with Gasteiger partial charge in [-0.15, -0.1) is 0 Å². The Balaban J connectivity index is 2.12. The third kappa shape index (κ3) is 4.40. The maximum absolute atomic E-state index is 12.8. The summed E-state index contributed by atoms with van der Waals surface area (Å²) in [6, 6.07) is 5.64. The van der Waals surface area contributed by atoms with Gasteiger partial charge in [-0.2, -0.15) is 0 Å². The van der Waals surface area contributed by atoms with E-state index in [0.717, 1.165) is 18.4 Å². The number of methoxy groups -OCH3 is 1. The molecule has 1 aliphatic heterocycles. The highest BCUT2D eigenvalue weighted by atomic mass is 16.7. The van der Waals surface area contributed by atoms with Gasteiger partial charge in [-0.3, -0.25) is 9.59 Å². The Morgan fingerprint density at radius 3 is 2.58 bits per heavy atom. The Morgan fingerprint density at radius 2 is 1.92 bits per heavy atom. The van der Waals surface area contributed by atoms with Crippen LogP contribution in [0.4, 0.5) is 0 Å². The fourth-order valence-corrected chi connectivity index (χ4v) is 2.75. The van der Waals surface area contributed by atoms with Crippen molar-refractivity contribution >= 4 is 11.9 Å². The van der Waals surface area contributed by atoms with Crippen LogP contribution in [0, 0.1) is 5.92 Å². The van der Waals surface area contributed by atoms with Crippen molar-refractivity contribution in [1.29, 1.82) is 0 Å². The van der Waals surface area contributed by atoms with Gasteiger partial charge in [-0.1, -0.05) is 19.9 Å². The Kier molecular flexibility index (Phi) is 6.46. The summed E-state index contributed by atoms with van der Waals surface area (Å²) in [5.41, 5.74) is 0.948. The fourth-order valence-electron chi connectivity index (χ4n) is 2.75. The molecular weight excluding hydrogens is 310 g/mol. The fraction of sp³-hybridized carbons (Fsp3) is 0.556. The molecule has 6 heteroatoms. The molecule has 0 unspecified atom stereocenters. The van der Waals surface area contributed by atoms with Crippen molar-refractivity contribution in [1.82, 2.24) is 4.90 Å². The minimum absolute atomic E-state index is 0.0309. The van der Waals surface area contributed by atoms with Crippen LogP contribution in [0.2, 0.25) is 0 Å². The number of hydrogen-bond donors (Lipinski definition) is 0. The van der Waals surface area contributed by atoms with Crippen molar-refractivity contribution in [3.8, 4) is 11.5 Å². The molecule has 132 valence electrons. The second-order valence-corrected chi connectivity index (χ2v) is 5.79. The number of nitrogens with zero attached hydrogens (tertiary/aromatic N) is 1. The van der Waals surface area contributed by atoms with Crippen LogP contribution in [0.25, 0.3) is 0 Å². The zero-order valence-electron chi connectivity index (χ0n) is 14.5. The van der Waals surface area contributed by atoms with E-state index in [1.807, 2.05) is 32.0 Å². The molecule has 0 atom stereocenters. The predicted octanol–water partition coefficient (Wildman–Crippen LogP) is 2.74. The van der Waals surface area contributed by atoms with E-state index < -0.39 is 0 Å². The van der Waals surface area contributed by atoms with Crippen molar-refractivity contribution in [3.05, 3.63) is 23.8 Å². The molecule has 0 aliphatic carbocycles. The second-order valence-electron chi connectivity index (χ2n) is 5.79. The van der Waals surface area contributed by atoms with E-state index in [0.29, 0.717) is 24.6 Å². The van der Waals surface area contributed by atoms with E-state index in [1.54, 1.807) is 4.90 Å². The lowest BCUT2D eigenvalue weighted by Gasteiger charge is -2.26. The van der Waals surface area contributed by atoms with Crippen LogP contribution in [-0.2, 0) is 20.9 Å². The largest absolute Gasteiger partial charge is 0.469 e. The van der Waals surface area contributed by atoms with Crippen LogP contribution in [0.1, 0.15) is 38.7 Å². The lowest BCUT2D eigenvalue weighted by Crippen LogP contribution is -2.37. The Bertz CT molecular complexity index is 583. The van der Waals surface area contributed by atoms with E-state index in [2.05, 4.69) is 0 Å². The first-order valence-corrected chi connectivity index (χ1v) is 8.33. The van der Waals surface area contributed by atoms with Gasteiger partial charge in [-0.05, 0) is 30.5 Å². The van der Waals surface area contributed by atoms with Gasteiger partial charge in [0.15, 0.2) is 11.5 Å². The third-order valence-corrected chi connectivity index (χ3v) is 4.27. The topological polar surface area (TPSA) is 65.1 Å². The number of hydrogen-bond acceptors (Lipinski definition) is 5. The standard InChI is InChI=1S/C18H25NO5/c1-4-14(5-2)18(21)19(9-8-17(20)22-3)11-13-6-7-15-16(10-13)24-12-23-15/h6-7,10,14H,4-5,8-9,11-12H2,1-3H3. The summed E-state index contributed by atoms with van der Waals surface area (Å²) in [4.78, 5) is 25.9. The highest BCUT2D eigenvalue weighted by Gasteiger charge is 2.23. The summed E-state index contributed by atoms with van der Waals surface area (Å²) in [6.45, 7) is 5.01. The minimum atomic E-state index is -0.317. The van der Waals surface area contributed by atoms with Crippen LogP contribution in [0.3, 0.4) is 0 Å². The molecule has 24 heavy (non-hydrogen) atoms. The minimum Gasteiger partial charge on any atom is -0.469 e. The lowest BCUT2D eigenvalue weighted by molar-refractivity contribution is -0.142. The molecular formula is C18H25NO5. The van der Waals surface area contributed by atoms with E-state index in [9.17, 15) is 9.59 Å². The van der Waals surface area contributed by atoms with Crippen LogP contribution in [0.15, 0.2) is 18.2 Å². The van der Waals surface area contributed by atoms with E-state index in [4.69, 9.17) is 14.2 Å². The van der Waals surface area contributed by atoms with Crippen LogP contribution < -0.4 is 9.47 Å². The summed E-state index contributed by atoms with van der Waals surface area (Å²) in [5.74, 6) is 1.13. The van der Waals surface area contributed by atoms with E-state index in [-0.39, 0.29) is 31.0 Å². The average Bonchev–Trinajstić information content (AvgIpc) is 3.06. The van der Waals surface area contributed by atoms with Gasteiger partial charge >= 0.3 is 5.97 Å². The molecule has 0 radical (unpaired) electrons. The molecule has 0 saturated heterocycles. The maximum atomic E-state index is 12.8. The summed E-state index contributed by atoms with van der Waals surface area (Å²) < 4.78 is 15.4.